The molecule has 0 fully saturated rings. The van der Waals surface area contributed by atoms with Gasteiger partial charge < -0.3 is 15.0 Å². The van der Waals surface area contributed by atoms with Crippen LogP contribution in [0.15, 0.2) is 109 Å². The van der Waals surface area contributed by atoms with E-state index in [2.05, 4.69) is 138 Å². The van der Waals surface area contributed by atoms with Crippen molar-refractivity contribution in [3.63, 3.8) is 0 Å². The number of nitrogens with zero attached hydrogens (tertiary/aromatic N) is 2. The number of methoxy groups -OCH3 is 1. The molecule has 6 heteroatoms. The molecule has 0 radical (unpaired) electrons. The lowest BCUT2D eigenvalue weighted by Crippen LogP contribution is -2.40. The largest absolute Gasteiger partial charge is 0.496 e. The van der Waals surface area contributed by atoms with Gasteiger partial charge in [0.15, 0.2) is 0 Å². The Balaban J connectivity index is 1.07. The van der Waals surface area contributed by atoms with Crippen molar-refractivity contribution in [1.29, 1.82) is 0 Å². The Morgan fingerprint density at radius 1 is 0.750 bits per heavy atom. The van der Waals surface area contributed by atoms with Gasteiger partial charge in [0.2, 0.25) is 5.91 Å². The second-order valence-corrected chi connectivity index (χ2v) is 15.5. The number of carbonyl (C=O) groups is 1. The first-order valence-corrected chi connectivity index (χ1v) is 20.8. The molecule has 52 heavy (non-hydrogen) atoms. The topological polar surface area (TPSA) is 44.8 Å². The summed E-state index contributed by atoms with van der Waals surface area (Å²) >= 11 is 1.90. The second-order valence-electron chi connectivity index (χ2n) is 14.2. The van der Waals surface area contributed by atoms with E-state index in [4.69, 9.17) is 4.74 Å². The van der Waals surface area contributed by atoms with Gasteiger partial charge in [-0.3, -0.25) is 9.69 Å². The number of hydrogen-bond donors (Lipinski definition) is 1. The van der Waals surface area contributed by atoms with Gasteiger partial charge in [0.25, 0.3) is 0 Å². The minimum absolute atomic E-state index is 0.125. The summed E-state index contributed by atoms with van der Waals surface area (Å²) in [5, 5.41) is 3.26. The highest BCUT2D eigenvalue weighted by atomic mass is 32.2. The molecule has 0 spiro atoms. The molecule has 278 valence electrons. The van der Waals surface area contributed by atoms with Crippen molar-refractivity contribution in [3.8, 4) is 5.75 Å². The van der Waals surface area contributed by atoms with Gasteiger partial charge in [-0.25, -0.2) is 0 Å². The summed E-state index contributed by atoms with van der Waals surface area (Å²) < 4.78 is 5.35. The average molecular weight is 720 g/mol. The van der Waals surface area contributed by atoms with Gasteiger partial charge in [0.1, 0.15) is 5.75 Å². The van der Waals surface area contributed by atoms with E-state index in [0.29, 0.717) is 19.1 Å². The third kappa shape index (κ3) is 10.7. The van der Waals surface area contributed by atoms with Crippen LogP contribution in [-0.2, 0) is 22.4 Å². The van der Waals surface area contributed by atoms with E-state index in [1.54, 1.807) is 7.11 Å². The van der Waals surface area contributed by atoms with Crippen LogP contribution in [0, 0.1) is 0 Å². The molecule has 1 atom stereocenters. The molecule has 0 bridgehead atoms. The molecule has 0 heterocycles. The third-order valence-electron chi connectivity index (χ3n) is 10.5. The fourth-order valence-corrected chi connectivity index (χ4v) is 9.43. The number of hydrogen-bond acceptors (Lipinski definition) is 5. The lowest BCUT2D eigenvalue weighted by atomic mass is 9.84. The number of aryl methyl sites for hydroxylation is 1. The standard InChI is InChI=1S/C46H61N3O2S/c1-4-31-48(33-17-6-7-18-34-49(32-5-2)42-29-28-38-20-19-27-44(51-3)43(38)36-42)37-45(50)47-30-35-52-46(39-21-11-8-12-22-39,40-23-13-9-14-24-40)41-25-15-10-16-26-41/h8-16,19-27,42H,4-7,17-18,28-37H2,1-3H3,(H,47,50). The van der Waals surface area contributed by atoms with E-state index in [-0.39, 0.29) is 10.7 Å². The maximum Gasteiger partial charge on any atom is 0.234 e. The number of unbranched alkanes of at least 4 members (excludes halogenated alkanes) is 3. The van der Waals surface area contributed by atoms with Crippen molar-refractivity contribution in [2.75, 3.05) is 52.1 Å². The van der Waals surface area contributed by atoms with Crippen molar-refractivity contribution in [2.24, 2.45) is 0 Å². The predicted octanol–water partition coefficient (Wildman–Crippen LogP) is 9.38. The summed E-state index contributed by atoms with van der Waals surface area (Å²) in [6.45, 7) is 9.88. The Labute approximate surface area is 318 Å². The number of thioether (sulfide) groups is 1. The minimum Gasteiger partial charge on any atom is -0.496 e. The Bertz CT molecular complexity index is 1490. The molecule has 1 N–H and O–H groups in total. The van der Waals surface area contributed by atoms with Crippen molar-refractivity contribution in [1.82, 2.24) is 15.1 Å². The van der Waals surface area contributed by atoms with Crippen molar-refractivity contribution < 1.29 is 9.53 Å². The molecule has 4 aromatic rings. The minimum atomic E-state index is -0.369. The van der Waals surface area contributed by atoms with Crippen LogP contribution in [0.4, 0.5) is 0 Å². The molecular formula is C46H61N3O2S. The van der Waals surface area contributed by atoms with Crippen LogP contribution in [0.5, 0.6) is 5.75 Å². The zero-order valence-electron chi connectivity index (χ0n) is 31.9. The number of amides is 1. The highest BCUT2D eigenvalue weighted by Gasteiger charge is 2.36. The number of benzene rings is 4. The summed E-state index contributed by atoms with van der Waals surface area (Å²) in [5.74, 6) is 1.98. The molecule has 0 aliphatic heterocycles. The fraction of sp³-hybridized carbons (Fsp3) is 0.457. The van der Waals surface area contributed by atoms with E-state index in [1.807, 2.05) is 11.8 Å². The van der Waals surface area contributed by atoms with E-state index in [0.717, 1.165) is 50.3 Å². The van der Waals surface area contributed by atoms with Crippen LogP contribution in [-0.4, -0.2) is 73.9 Å². The monoisotopic (exact) mass is 719 g/mol. The fourth-order valence-electron chi connectivity index (χ4n) is 8.02. The number of rotatable bonds is 22. The van der Waals surface area contributed by atoms with Crippen LogP contribution in [0.1, 0.15) is 86.6 Å². The second kappa shape index (κ2) is 21.2. The van der Waals surface area contributed by atoms with Gasteiger partial charge in [0, 0.05) is 18.3 Å². The first kappa shape index (κ1) is 39.6. The Morgan fingerprint density at radius 2 is 1.35 bits per heavy atom. The molecule has 4 aromatic carbocycles. The number of nitrogens with one attached hydrogen (secondary N) is 1. The van der Waals surface area contributed by atoms with E-state index in [1.165, 1.54) is 73.0 Å². The maximum absolute atomic E-state index is 13.2. The highest BCUT2D eigenvalue weighted by molar-refractivity contribution is 8.00. The molecule has 1 aliphatic carbocycles. The Hall–Kier alpha value is -3.58. The molecular weight excluding hydrogens is 659 g/mol. The van der Waals surface area contributed by atoms with Crippen LogP contribution in [0.2, 0.25) is 0 Å². The molecule has 1 amide bonds. The van der Waals surface area contributed by atoms with E-state index >= 15 is 0 Å². The van der Waals surface area contributed by atoms with Gasteiger partial charge in [0.05, 0.1) is 18.4 Å². The van der Waals surface area contributed by atoms with Crippen molar-refractivity contribution in [2.45, 2.75) is 82.4 Å². The van der Waals surface area contributed by atoms with E-state index in [9.17, 15) is 4.79 Å². The predicted molar refractivity (Wildman–Crippen MR) is 221 cm³/mol. The van der Waals surface area contributed by atoms with Gasteiger partial charge >= 0.3 is 0 Å². The molecule has 5 rings (SSSR count). The molecule has 0 saturated carbocycles. The molecule has 0 saturated heterocycles. The first-order chi connectivity index (χ1) is 25.6. The maximum atomic E-state index is 13.2. The van der Waals surface area contributed by atoms with Crippen LogP contribution >= 0.6 is 11.8 Å². The van der Waals surface area contributed by atoms with E-state index < -0.39 is 0 Å². The zero-order valence-corrected chi connectivity index (χ0v) is 32.7. The SMILES string of the molecule is CCCN(CCCCCCN(CCC)C1CCc2cccc(OC)c2C1)CC(=O)NCCSC(c1ccccc1)(c1ccccc1)c1ccccc1. The zero-order chi connectivity index (χ0) is 36.4. The average Bonchev–Trinajstić information content (AvgIpc) is 3.19. The summed E-state index contributed by atoms with van der Waals surface area (Å²) in [5.41, 5.74) is 6.62. The molecule has 1 unspecified atom stereocenters. The Kier molecular flexibility index (Phi) is 16.2. The van der Waals surface area contributed by atoms with Crippen LogP contribution in [0.3, 0.4) is 0 Å². The number of fused-ring (bicyclic) bond motifs is 1. The lowest BCUT2D eigenvalue weighted by molar-refractivity contribution is -0.122. The number of ether oxygens (including phenoxy) is 1. The smallest absolute Gasteiger partial charge is 0.234 e. The summed E-state index contributed by atoms with van der Waals surface area (Å²) in [6, 6.07) is 39.4. The van der Waals surface area contributed by atoms with Crippen LogP contribution in [0.25, 0.3) is 0 Å². The number of carbonyl (C=O) groups excluding carboxylic acids is 1. The van der Waals surface area contributed by atoms with Crippen LogP contribution < -0.4 is 10.1 Å². The molecule has 0 aromatic heterocycles. The first-order valence-electron chi connectivity index (χ1n) is 19.8. The summed E-state index contributed by atoms with van der Waals surface area (Å²) in [6.07, 6.45) is 10.5. The summed E-state index contributed by atoms with van der Waals surface area (Å²) in [7, 11) is 1.80. The lowest BCUT2D eigenvalue weighted by Gasteiger charge is -2.35. The molecule has 1 aliphatic rings. The third-order valence-corrected chi connectivity index (χ3v) is 12.1. The van der Waals surface area contributed by atoms with Gasteiger partial charge in [-0.05, 0) is 105 Å². The highest BCUT2D eigenvalue weighted by Crippen LogP contribution is 2.48. The summed E-state index contributed by atoms with van der Waals surface area (Å²) in [4.78, 5) is 18.3. The van der Waals surface area contributed by atoms with Gasteiger partial charge in [-0.1, -0.05) is 130 Å². The van der Waals surface area contributed by atoms with Gasteiger partial charge in [-0.2, -0.15) is 0 Å². The Morgan fingerprint density at radius 3 is 1.92 bits per heavy atom. The molecule has 5 nitrogen and oxygen atoms in total. The quantitative estimate of drug-likeness (QED) is 0.0648. The van der Waals surface area contributed by atoms with Gasteiger partial charge in [-0.15, -0.1) is 11.8 Å². The van der Waals surface area contributed by atoms with Crippen molar-refractivity contribution in [3.05, 3.63) is 137 Å². The normalized spacial score (nSPS) is 14.4. The van der Waals surface area contributed by atoms with Crippen molar-refractivity contribution >= 4 is 17.7 Å².